The van der Waals surface area contributed by atoms with Crippen molar-refractivity contribution < 1.29 is 19.1 Å². The van der Waals surface area contributed by atoms with Crippen LogP contribution in [0, 0.1) is 5.92 Å². The number of piperidine rings is 1. The van der Waals surface area contributed by atoms with Crippen molar-refractivity contribution in [3.05, 3.63) is 35.9 Å². The number of ether oxygens (including phenoxy) is 2. The second-order valence-electron chi connectivity index (χ2n) is 9.65. The SMILES string of the molecule is CC(C)OCCCNC(=O)C1CCN(CC(=O)NCC2(c3ccccc3)CCOCC2)CC1. The Bertz CT molecular complexity index is 726. The van der Waals surface area contributed by atoms with Crippen LogP contribution in [0.15, 0.2) is 30.3 Å². The highest BCUT2D eigenvalue weighted by molar-refractivity contribution is 5.79. The summed E-state index contributed by atoms with van der Waals surface area (Å²) in [5.41, 5.74) is 1.22. The molecule has 184 valence electrons. The highest BCUT2D eigenvalue weighted by Crippen LogP contribution is 2.34. The third-order valence-corrected chi connectivity index (χ3v) is 6.86. The molecule has 0 atom stereocenters. The van der Waals surface area contributed by atoms with Gasteiger partial charge in [0.1, 0.15) is 0 Å². The van der Waals surface area contributed by atoms with Crippen LogP contribution in [0.5, 0.6) is 0 Å². The number of amides is 2. The van der Waals surface area contributed by atoms with Crippen LogP contribution >= 0.6 is 0 Å². The molecule has 0 unspecified atom stereocenters. The maximum Gasteiger partial charge on any atom is 0.234 e. The molecule has 7 nitrogen and oxygen atoms in total. The molecule has 0 bridgehead atoms. The molecule has 2 N–H and O–H groups in total. The molecule has 2 aliphatic rings. The molecule has 0 aromatic heterocycles. The van der Waals surface area contributed by atoms with Crippen LogP contribution in [-0.4, -0.2) is 75.4 Å². The van der Waals surface area contributed by atoms with Crippen LogP contribution in [0.2, 0.25) is 0 Å². The monoisotopic (exact) mass is 459 g/mol. The molecule has 2 fully saturated rings. The average Bonchev–Trinajstić information content (AvgIpc) is 2.84. The van der Waals surface area contributed by atoms with E-state index < -0.39 is 0 Å². The van der Waals surface area contributed by atoms with Crippen molar-refractivity contribution in [2.75, 3.05) is 52.5 Å². The average molecular weight is 460 g/mol. The molecule has 2 amide bonds. The van der Waals surface area contributed by atoms with Gasteiger partial charge in [0.2, 0.25) is 11.8 Å². The molecule has 2 saturated heterocycles. The number of hydrogen-bond acceptors (Lipinski definition) is 5. The summed E-state index contributed by atoms with van der Waals surface area (Å²) in [4.78, 5) is 27.3. The summed E-state index contributed by atoms with van der Waals surface area (Å²) in [5.74, 6) is 0.233. The standard InChI is InChI=1S/C26H41N3O4/c1-21(2)33-16-6-13-27-25(31)22-9-14-29(15-10-22)19-24(30)28-20-26(11-17-32-18-12-26)23-7-4-3-5-8-23/h3-5,7-8,21-22H,6,9-20H2,1-2H3,(H,27,31)(H,28,30). The number of rotatable bonds is 11. The Morgan fingerprint density at radius 2 is 1.82 bits per heavy atom. The van der Waals surface area contributed by atoms with Crippen molar-refractivity contribution >= 4 is 11.8 Å². The second-order valence-corrected chi connectivity index (χ2v) is 9.65. The van der Waals surface area contributed by atoms with Gasteiger partial charge in [-0.15, -0.1) is 0 Å². The molecule has 3 rings (SSSR count). The summed E-state index contributed by atoms with van der Waals surface area (Å²) in [6.45, 7) is 9.39. The fourth-order valence-electron chi connectivity index (χ4n) is 4.75. The Morgan fingerprint density at radius 1 is 1.12 bits per heavy atom. The summed E-state index contributed by atoms with van der Waals surface area (Å²) in [6.07, 6.45) is 4.49. The van der Waals surface area contributed by atoms with E-state index in [9.17, 15) is 9.59 Å². The Hall–Kier alpha value is -1.96. The minimum atomic E-state index is -0.0551. The normalized spacial score (nSPS) is 19.4. The third kappa shape index (κ3) is 8.09. The summed E-state index contributed by atoms with van der Waals surface area (Å²) in [5, 5.41) is 6.22. The summed E-state index contributed by atoms with van der Waals surface area (Å²) < 4.78 is 11.1. The minimum Gasteiger partial charge on any atom is -0.381 e. The first-order valence-corrected chi connectivity index (χ1v) is 12.5. The Labute approximate surface area is 198 Å². The summed E-state index contributed by atoms with van der Waals surface area (Å²) in [7, 11) is 0. The quantitative estimate of drug-likeness (QED) is 0.497. The molecule has 0 spiro atoms. The maximum absolute atomic E-state index is 12.7. The van der Waals surface area contributed by atoms with Crippen LogP contribution in [-0.2, 0) is 24.5 Å². The molecule has 1 aromatic carbocycles. The molecular formula is C26H41N3O4. The number of likely N-dealkylation sites (tertiary alicyclic amines) is 1. The Kier molecular flexibility index (Phi) is 10.2. The third-order valence-electron chi connectivity index (χ3n) is 6.86. The first-order chi connectivity index (χ1) is 16.0. The van der Waals surface area contributed by atoms with Gasteiger partial charge in [-0.3, -0.25) is 14.5 Å². The van der Waals surface area contributed by atoms with Gasteiger partial charge < -0.3 is 20.1 Å². The zero-order chi connectivity index (χ0) is 23.5. The molecule has 0 saturated carbocycles. The number of hydrogen-bond donors (Lipinski definition) is 2. The lowest BCUT2D eigenvalue weighted by molar-refractivity contribution is -0.127. The summed E-state index contributed by atoms with van der Waals surface area (Å²) >= 11 is 0. The second kappa shape index (κ2) is 13.1. The van der Waals surface area contributed by atoms with Crippen molar-refractivity contribution in [3.63, 3.8) is 0 Å². The molecule has 2 heterocycles. The lowest BCUT2D eigenvalue weighted by Gasteiger charge is -2.38. The van der Waals surface area contributed by atoms with E-state index in [1.165, 1.54) is 5.56 Å². The topological polar surface area (TPSA) is 79.9 Å². The number of nitrogens with zero attached hydrogens (tertiary/aromatic N) is 1. The number of benzene rings is 1. The van der Waals surface area contributed by atoms with Crippen LogP contribution < -0.4 is 10.6 Å². The van der Waals surface area contributed by atoms with Gasteiger partial charge in [0, 0.05) is 44.2 Å². The number of carbonyl (C=O) groups is 2. The first-order valence-electron chi connectivity index (χ1n) is 12.5. The smallest absolute Gasteiger partial charge is 0.234 e. The van der Waals surface area contributed by atoms with Gasteiger partial charge in [0.25, 0.3) is 0 Å². The zero-order valence-corrected chi connectivity index (χ0v) is 20.3. The molecule has 33 heavy (non-hydrogen) atoms. The molecule has 1 aromatic rings. The fraction of sp³-hybridized carbons (Fsp3) is 0.692. The van der Waals surface area contributed by atoms with Crippen LogP contribution in [0.1, 0.15) is 51.5 Å². The number of carbonyl (C=O) groups excluding carboxylic acids is 2. The van der Waals surface area contributed by atoms with Gasteiger partial charge >= 0.3 is 0 Å². The molecule has 7 heteroatoms. The van der Waals surface area contributed by atoms with Crippen molar-refractivity contribution in [2.45, 2.75) is 57.5 Å². The lowest BCUT2D eigenvalue weighted by Crippen LogP contribution is -2.48. The highest BCUT2D eigenvalue weighted by Gasteiger charge is 2.35. The van der Waals surface area contributed by atoms with E-state index in [-0.39, 0.29) is 29.3 Å². The molecule has 0 radical (unpaired) electrons. The maximum atomic E-state index is 12.7. The first kappa shape index (κ1) is 25.7. The Morgan fingerprint density at radius 3 is 2.48 bits per heavy atom. The van der Waals surface area contributed by atoms with Crippen molar-refractivity contribution in [1.29, 1.82) is 0 Å². The minimum absolute atomic E-state index is 0.0407. The van der Waals surface area contributed by atoms with Crippen LogP contribution in [0.3, 0.4) is 0 Å². The fourth-order valence-corrected chi connectivity index (χ4v) is 4.75. The van der Waals surface area contributed by atoms with E-state index in [0.717, 1.165) is 58.4 Å². The van der Waals surface area contributed by atoms with Crippen molar-refractivity contribution in [3.8, 4) is 0 Å². The zero-order valence-electron chi connectivity index (χ0n) is 20.3. The Balaban J connectivity index is 1.37. The van der Waals surface area contributed by atoms with Gasteiger partial charge in [-0.05, 0) is 64.6 Å². The van der Waals surface area contributed by atoms with E-state index in [4.69, 9.17) is 9.47 Å². The van der Waals surface area contributed by atoms with Gasteiger partial charge in [-0.25, -0.2) is 0 Å². The predicted molar refractivity (Wildman–Crippen MR) is 129 cm³/mol. The van der Waals surface area contributed by atoms with E-state index in [1.807, 2.05) is 19.9 Å². The van der Waals surface area contributed by atoms with E-state index in [2.05, 4.69) is 39.8 Å². The van der Waals surface area contributed by atoms with E-state index >= 15 is 0 Å². The van der Waals surface area contributed by atoms with Crippen LogP contribution in [0.25, 0.3) is 0 Å². The van der Waals surface area contributed by atoms with Crippen molar-refractivity contribution in [1.82, 2.24) is 15.5 Å². The molecule has 2 aliphatic heterocycles. The number of nitrogens with one attached hydrogen (secondary N) is 2. The molecule has 0 aliphatic carbocycles. The van der Waals surface area contributed by atoms with E-state index in [1.54, 1.807) is 0 Å². The van der Waals surface area contributed by atoms with Crippen molar-refractivity contribution in [2.24, 2.45) is 5.92 Å². The van der Waals surface area contributed by atoms with Gasteiger partial charge in [0.15, 0.2) is 0 Å². The van der Waals surface area contributed by atoms with E-state index in [0.29, 0.717) is 26.2 Å². The largest absolute Gasteiger partial charge is 0.381 e. The van der Waals surface area contributed by atoms with Gasteiger partial charge in [0.05, 0.1) is 12.6 Å². The van der Waals surface area contributed by atoms with Gasteiger partial charge in [-0.2, -0.15) is 0 Å². The van der Waals surface area contributed by atoms with Gasteiger partial charge in [-0.1, -0.05) is 30.3 Å². The van der Waals surface area contributed by atoms with Crippen LogP contribution in [0.4, 0.5) is 0 Å². The summed E-state index contributed by atoms with van der Waals surface area (Å²) in [6, 6.07) is 10.5. The highest BCUT2D eigenvalue weighted by atomic mass is 16.5. The molecular weight excluding hydrogens is 418 g/mol. The predicted octanol–water partition coefficient (Wildman–Crippen LogP) is 2.49. The lowest BCUT2D eigenvalue weighted by atomic mass is 9.74.